The Labute approximate surface area is 141 Å². The van der Waals surface area contributed by atoms with E-state index in [0.717, 1.165) is 38.5 Å². The number of esters is 2. The Balaban J connectivity index is 2.83. The molecule has 0 saturated heterocycles. The van der Waals surface area contributed by atoms with Crippen molar-refractivity contribution in [2.45, 2.75) is 85.0 Å². The van der Waals surface area contributed by atoms with Crippen LogP contribution in [0.1, 0.15) is 85.0 Å². The van der Waals surface area contributed by atoms with Gasteiger partial charge in [-0.15, -0.1) is 0 Å². The maximum Gasteiger partial charge on any atom is 0.310 e. The van der Waals surface area contributed by atoms with Gasteiger partial charge in [0.15, 0.2) is 0 Å². The second-order valence-electron chi connectivity index (χ2n) is 6.69. The van der Waals surface area contributed by atoms with Crippen LogP contribution in [0.4, 0.5) is 0 Å². The number of carbonyl (C=O) groups is 2. The lowest BCUT2D eigenvalue weighted by Gasteiger charge is -2.36. The fraction of sp³-hybridized carbons (Fsp3) is 0.895. The highest BCUT2D eigenvalue weighted by Crippen LogP contribution is 2.50. The summed E-state index contributed by atoms with van der Waals surface area (Å²) in [7, 11) is 0. The predicted octanol–water partition coefficient (Wildman–Crippen LogP) is 4.65. The topological polar surface area (TPSA) is 52.6 Å². The normalized spacial score (nSPS) is 17.7. The van der Waals surface area contributed by atoms with E-state index in [0.29, 0.717) is 13.2 Å². The summed E-state index contributed by atoms with van der Waals surface area (Å²) in [6.07, 6.45) is 10.3. The molecule has 0 aromatic rings. The van der Waals surface area contributed by atoms with E-state index in [1.807, 2.05) is 6.92 Å². The first-order chi connectivity index (χ1) is 11.1. The van der Waals surface area contributed by atoms with Crippen LogP contribution in [0.2, 0.25) is 0 Å². The van der Waals surface area contributed by atoms with Gasteiger partial charge in [0.1, 0.15) is 0 Å². The summed E-state index contributed by atoms with van der Waals surface area (Å²) >= 11 is 0. The van der Waals surface area contributed by atoms with E-state index in [1.54, 1.807) is 6.92 Å². The molecule has 23 heavy (non-hydrogen) atoms. The van der Waals surface area contributed by atoms with Gasteiger partial charge in [-0.3, -0.25) is 9.59 Å². The summed E-state index contributed by atoms with van der Waals surface area (Å²) in [5.74, 6) is -0.825. The molecule has 0 N–H and O–H groups in total. The van der Waals surface area contributed by atoms with Gasteiger partial charge in [0, 0.05) is 0 Å². The number of ether oxygens (including phenoxy) is 2. The first-order valence-electron chi connectivity index (χ1n) is 9.41. The van der Waals surface area contributed by atoms with Gasteiger partial charge in [0.25, 0.3) is 0 Å². The van der Waals surface area contributed by atoms with Gasteiger partial charge in [-0.1, -0.05) is 45.4 Å². The Morgan fingerprint density at radius 3 is 2.17 bits per heavy atom. The molecule has 4 nitrogen and oxygen atoms in total. The number of hydrogen-bond acceptors (Lipinski definition) is 4. The number of unbranched alkanes of at least 4 members (excludes halogenated alkanes) is 3. The third-order valence-electron chi connectivity index (χ3n) is 5.11. The molecule has 1 atom stereocenters. The second kappa shape index (κ2) is 10.7. The van der Waals surface area contributed by atoms with E-state index in [4.69, 9.17) is 9.47 Å². The standard InChI is InChI=1S/C19H34O4/c1-4-7-8-9-12-19(13-10-11-14-19)16(18(21)23-6-3)15-17(20)22-5-2/h16H,4-15H2,1-3H3. The summed E-state index contributed by atoms with van der Waals surface area (Å²) < 4.78 is 10.4. The van der Waals surface area contributed by atoms with E-state index in [1.165, 1.54) is 19.3 Å². The zero-order valence-electron chi connectivity index (χ0n) is 15.2. The minimum atomic E-state index is -0.342. The van der Waals surface area contributed by atoms with Crippen LogP contribution < -0.4 is 0 Å². The van der Waals surface area contributed by atoms with Gasteiger partial charge in [0.2, 0.25) is 0 Å². The largest absolute Gasteiger partial charge is 0.466 e. The fourth-order valence-corrected chi connectivity index (χ4v) is 3.93. The van der Waals surface area contributed by atoms with Crippen LogP contribution in [-0.2, 0) is 19.1 Å². The summed E-state index contributed by atoms with van der Waals surface area (Å²) in [5, 5.41) is 0. The Bertz CT molecular complexity index is 358. The van der Waals surface area contributed by atoms with Crippen molar-refractivity contribution in [2.24, 2.45) is 11.3 Å². The predicted molar refractivity (Wildman–Crippen MR) is 91.0 cm³/mol. The van der Waals surface area contributed by atoms with E-state index < -0.39 is 0 Å². The molecule has 0 aromatic heterocycles. The molecule has 0 bridgehead atoms. The first kappa shape index (κ1) is 20.0. The lowest BCUT2D eigenvalue weighted by molar-refractivity contribution is -0.160. The smallest absolute Gasteiger partial charge is 0.310 e. The monoisotopic (exact) mass is 326 g/mol. The molecule has 0 radical (unpaired) electrons. The minimum Gasteiger partial charge on any atom is -0.466 e. The molecule has 1 unspecified atom stereocenters. The maximum atomic E-state index is 12.5. The number of rotatable bonds is 11. The molecule has 134 valence electrons. The third kappa shape index (κ3) is 6.15. The van der Waals surface area contributed by atoms with Crippen molar-refractivity contribution in [1.82, 2.24) is 0 Å². The fourth-order valence-electron chi connectivity index (χ4n) is 3.93. The average molecular weight is 326 g/mol. The minimum absolute atomic E-state index is 0.0627. The van der Waals surface area contributed by atoms with Crippen molar-refractivity contribution >= 4 is 11.9 Å². The SMILES string of the molecule is CCCCCCC1(C(CC(=O)OCC)C(=O)OCC)CCCC1. The van der Waals surface area contributed by atoms with E-state index in [2.05, 4.69) is 6.92 Å². The van der Waals surface area contributed by atoms with Crippen molar-refractivity contribution in [3.63, 3.8) is 0 Å². The van der Waals surface area contributed by atoms with Crippen LogP contribution in [-0.4, -0.2) is 25.2 Å². The van der Waals surface area contributed by atoms with Gasteiger partial charge in [-0.05, 0) is 38.5 Å². The van der Waals surface area contributed by atoms with E-state index >= 15 is 0 Å². The zero-order valence-corrected chi connectivity index (χ0v) is 15.2. The van der Waals surface area contributed by atoms with Crippen LogP contribution in [0.3, 0.4) is 0 Å². The molecule has 0 amide bonds. The van der Waals surface area contributed by atoms with Crippen LogP contribution in [0.15, 0.2) is 0 Å². The lowest BCUT2D eigenvalue weighted by Crippen LogP contribution is -2.37. The molecule has 0 aromatic carbocycles. The zero-order chi connectivity index (χ0) is 17.1. The van der Waals surface area contributed by atoms with E-state index in [-0.39, 0.29) is 29.7 Å². The van der Waals surface area contributed by atoms with Crippen molar-refractivity contribution in [3.05, 3.63) is 0 Å². The highest BCUT2D eigenvalue weighted by atomic mass is 16.5. The first-order valence-corrected chi connectivity index (χ1v) is 9.41. The van der Waals surface area contributed by atoms with Crippen molar-refractivity contribution in [3.8, 4) is 0 Å². The Morgan fingerprint density at radius 1 is 0.957 bits per heavy atom. The quantitative estimate of drug-likeness (QED) is 0.410. The molecule has 0 heterocycles. The number of carbonyl (C=O) groups excluding carboxylic acids is 2. The van der Waals surface area contributed by atoms with Crippen LogP contribution in [0, 0.1) is 11.3 Å². The molecular weight excluding hydrogens is 292 g/mol. The summed E-state index contributed by atoms with van der Waals surface area (Å²) in [6, 6.07) is 0. The van der Waals surface area contributed by atoms with Gasteiger partial charge < -0.3 is 9.47 Å². The van der Waals surface area contributed by atoms with E-state index in [9.17, 15) is 9.59 Å². The van der Waals surface area contributed by atoms with Crippen LogP contribution in [0.5, 0.6) is 0 Å². The molecule has 1 aliphatic rings. The molecule has 0 spiro atoms. The molecule has 1 rings (SSSR count). The Morgan fingerprint density at radius 2 is 1.61 bits per heavy atom. The van der Waals surface area contributed by atoms with Gasteiger partial charge in [0.05, 0.1) is 25.6 Å². The third-order valence-corrected chi connectivity index (χ3v) is 5.11. The van der Waals surface area contributed by atoms with Crippen LogP contribution >= 0.6 is 0 Å². The Hall–Kier alpha value is -1.06. The van der Waals surface area contributed by atoms with Crippen molar-refractivity contribution in [2.75, 3.05) is 13.2 Å². The molecular formula is C19H34O4. The molecule has 1 saturated carbocycles. The summed E-state index contributed by atoms with van der Waals surface area (Å²) in [6.45, 7) is 6.55. The molecule has 1 aliphatic carbocycles. The highest BCUT2D eigenvalue weighted by Gasteiger charge is 2.46. The van der Waals surface area contributed by atoms with Gasteiger partial charge in [-0.25, -0.2) is 0 Å². The maximum absolute atomic E-state index is 12.5. The van der Waals surface area contributed by atoms with Crippen molar-refractivity contribution < 1.29 is 19.1 Å². The Kier molecular flexibility index (Phi) is 9.27. The summed E-state index contributed by atoms with van der Waals surface area (Å²) in [4.78, 5) is 24.5. The van der Waals surface area contributed by atoms with Gasteiger partial charge in [-0.2, -0.15) is 0 Å². The average Bonchev–Trinajstić information content (AvgIpc) is 2.99. The lowest BCUT2D eigenvalue weighted by atomic mass is 9.69. The molecule has 1 fully saturated rings. The van der Waals surface area contributed by atoms with Gasteiger partial charge >= 0.3 is 11.9 Å². The molecule has 4 heteroatoms. The second-order valence-corrected chi connectivity index (χ2v) is 6.69. The number of hydrogen-bond donors (Lipinski definition) is 0. The highest BCUT2D eigenvalue weighted by molar-refractivity contribution is 5.80. The van der Waals surface area contributed by atoms with Crippen molar-refractivity contribution in [1.29, 1.82) is 0 Å². The molecule has 0 aliphatic heterocycles. The summed E-state index contributed by atoms with van der Waals surface area (Å²) in [5.41, 5.74) is -0.0627. The van der Waals surface area contributed by atoms with Crippen LogP contribution in [0.25, 0.3) is 0 Å².